The first-order chi connectivity index (χ1) is 13.5. The van der Waals surface area contributed by atoms with E-state index in [2.05, 4.69) is 59.6 Å². The van der Waals surface area contributed by atoms with E-state index in [9.17, 15) is 0 Å². The van der Waals surface area contributed by atoms with Crippen molar-refractivity contribution in [2.24, 2.45) is 0 Å². The first kappa shape index (κ1) is 18.5. The van der Waals surface area contributed by atoms with Crippen LogP contribution in [0.1, 0.15) is 34.4 Å². The number of fused-ring (bicyclic) bond motifs is 1. The van der Waals surface area contributed by atoms with E-state index in [0.29, 0.717) is 5.95 Å². The van der Waals surface area contributed by atoms with E-state index < -0.39 is 0 Å². The van der Waals surface area contributed by atoms with Gasteiger partial charge in [0.05, 0.1) is 6.33 Å². The molecule has 2 aromatic heterocycles. The molecular formula is C22H28N6. The minimum absolute atomic E-state index is 0.688. The van der Waals surface area contributed by atoms with Gasteiger partial charge >= 0.3 is 0 Å². The highest BCUT2D eigenvalue weighted by atomic mass is 15.2. The summed E-state index contributed by atoms with van der Waals surface area (Å²) in [6.07, 6.45) is 7.80. The predicted molar refractivity (Wildman–Crippen MR) is 113 cm³/mol. The van der Waals surface area contributed by atoms with Gasteiger partial charge in [0.15, 0.2) is 0 Å². The van der Waals surface area contributed by atoms with E-state index >= 15 is 0 Å². The summed E-state index contributed by atoms with van der Waals surface area (Å²) in [6, 6.07) is 4.38. The van der Waals surface area contributed by atoms with Crippen LogP contribution in [0.4, 0.5) is 17.5 Å². The van der Waals surface area contributed by atoms with Crippen LogP contribution in [0.25, 0.3) is 0 Å². The lowest BCUT2D eigenvalue weighted by Gasteiger charge is -2.20. The second-order valence-corrected chi connectivity index (χ2v) is 7.72. The Morgan fingerprint density at radius 2 is 1.82 bits per heavy atom. The zero-order valence-corrected chi connectivity index (χ0v) is 17.2. The minimum atomic E-state index is 0.688. The average molecular weight is 377 g/mol. The topological polar surface area (TPSA) is 58.9 Å². The number of nitrogens with zero attached hydrogens (tertiary/aromatic N) is 5. The van der Waals surface area contributed by atoms with Gasteiger partial charge in [0, 0.05) is 49.0 Å². The lowest BCUT2D eigenvalue weighted by molar-refractivity contribution is 0.627. The zero-order chi connectivity index (χ0) is 19.7. The standard InChI is InChI=1S/C22H28N6/c1-15-12-16(2)20(17(3)13-15)25-22-24-18(4)19-6-10-28(21(19)26-22)9-5-8-27-11-7-23-14-27/h7,11-14H,5-6,8-10H2,1-4H3,(H,24,25,26). The number of aromatic nitrogens is 4. The second-order valence-electron chi connectivity index (χ2n) is 7.72. The van der Waals surface area contributed by atoms with Crippen molar-refractivity contribution < 1.29 is 0 Å². The molecule has 0 saturated carbocycles. The fourth-order valence-electron chi connectivity index (χ4n) is 4.11. The molecule has 0 unspecified atom stereocenters. The number of aryl methyl sites for hydroxylation is 5. The summed E-state index contributed by atoms with van der Waals surface area (Å²) in [5, 5.41) is 3.48. The Morgan fingerprint density at radius 1 is 1.04 bits per heavy atom. The van der Waals surface area contributed by atoms with Gasteiger partial charge in [-0.05, 0) is 51.7 Å². The van der Waals surface area contributed by atoms with Crippen molar-refractivity contribution in [3.05, 3.63) is 58.8 Å². The third kappa shape index (κ3) is 3.72. The van der Waals surface area contributed by atoms with Crippen LogP contribution in [0.2, 0.25) is 0 Å². The Hall–Kier alpha value is -2.89. The lowest BCUT2D eigenvalue weighted by atomic mass is 10.1. The zero-order valence-electron chi connectivity index (χ0n) is 17.2. The first-order valence-corrected chi connectivity index (χ1v) is 9.94. The molecule has 28 heavy (non-hydrogen) atoms. The molecule has 6 nitrogen and oxygen atoms in total. The summed E-state index contributed by atoms with van der Waals surface area (Å²) >= 11 is 0. The molecule has 3 heterocycles. The summed E-state index contributed by atoms with van der Waals surface area (Å²) in [6.45, 7) is 11.5. The van der Waals surface area contributed by atoms with Crippen LogP contribution in [0.15, 0.2) is 30.9 Å². The third-order valence-corrected chi connectivity index (χ3v) is 5.44. The van der Waals surface area contributed by atoms with E-state index in [0.717, 1.165) is 49.7 Å². The molecule has 0 atom stereocenters. The van der Waals surface area contributed by atoms with E-state index in [4.69, 9.17) is 9.97 Å². The van der Waals surface area contributed by atoms with Crippen LogP contribution < -0.4 is 10.2 Å². The average Bonchev–Trinajstić information content (AvgIpc) is 3.29. The Kier molecular flexibility index (Phi) is 5.03. The highest BCUT2D eigenvalue weighted by Crippen LogP contribution is 2.31. The Labute approximate surface area is 166 Å². The van der Waals surface area contributed by atoms with Gasteiger partial charge < -0.3 is 14.8 Å². The van der Waals surface area contributed by atoms with Crippen LogP contribution in [-0.2, 0) is 13.0 Å². The van der Waals surface area contributed by atoms with Gasteiger partial charge in [-0.25, -0.2) is 9.97 Å². The number of nitrogens with one attached hydrogen (secondary N) is 1. The van der Waals surface area contributed by atoms with E-state index in [1.807, 2.05) is 18.7 Å². The number of hydrogen-bond donors (Lipinski definition) is 1. The molecule has 0 fully saturated rings. The maximum atomic E-state index is 4.90. The molecule has 1 aromatic carbocycles. The maximum absolute atomic E-state index is 4.90. The number of imidazole rings is 1. The molecule has 0 spiro atoms. The van der Waals surface area contributed by atoms with Crippen molar-refractivity contribution >= 4 is 17.5 Å². The molecule has 0 aliphatic carbocycles. The van der Waals surface area contributed by atoms with Crippen LogP contribution in [-0.4, -0.2) is 32.6 Å². The molecule has 1 N–H and O–H groups in total. The monoisotopic (exact) mass is 376 g/mol. The molecule has 0 amide bonds. The van der Waals surface area contributed by atoms with Crippen molar-refractivity contribution in [3.8, 4) is 0 Å². The van der Waals surface area contributed by atoms with Crippen molar-refractivity contribution in [1.29, 1.82) is 0 Å². The fourth-order valence-corrected chi connectivity index (χ4v) is 4.11. The van der Waals surface area contributed by atoms with Gasteiger partial charge in [0.1, 0.15) is 5.82 Å². The molecule has 3 aromatic rings. The number of hydrogen-bond acceptors (Lipinski definition) is 5. The summed E-state index contributed by atoms with van der Waals surface area (Å²) in [5.41, 5.74) is 7.18. The third-order valence-electron chi connectivity index (χ3n) is 5.44. The highest BCUT2D eigenvalue weighted by Gasteiger charge is 2.24. The van der Waals surface area contributed by atoms with Gasteiger partial charge in [0.25, 0.3) is 0 Å². The normalized spacial score (nSPS) is 13.1. The van der Waals surface area contributed by atoms with Gasteiger partial charge in [0.2, 0.25) is 5.95 Å². The number of anilines is 3. The summed E-state index contributed by atoms with van der Waals surface area (Å²) < 4.78 is 2.12. The predicted octanol–water partition coefficient (Wildman–Crippen LogP) is 4.10. The minimum Gasteiger partial charge on any atom is -0.356 e. The molecule has 4 rings (SSSR count). The number of rotatable bonds is 6. The summed E-state index contributed by atoms with van der Waals surface area (Å²) in [7, 11) is 0. The van der Waals surface area contributed by atoms with Crippen molar-refractivity contribution in [1.82, 2.24) is 19.5 Å². The molecular weight excluding hydrogens is 348 g/mol. The first-order valence-electron chi connectivity index (χ1n) is 9.94. The molecule has 1 aliphatic heterocycles. The van der Waals surface area contributed by atoms with Gasteiger partial charge in [-0.2, -0.15) is 4.98 Å². The Bertz CT molecular complexity index is 954. The summed E-state index contributed by atoms with van der Waals surface area (Å²) in [4.78, 5) is 16.1. The highest BCUT2D eigenvalue weighted by molar-refractivity contribution is 5.66. The molecule has 1 aliphatic rings. The fraction of sp³-hybridized carbons (Fsp3) is 0.409. The van der Waals surface area contributed by atoms with E-state index in [1.54, 1.807) is 0 Å². The quantitative estimate of drug-likeness (QED) is 0.702. The van der Waals surface area contributed by atoms with Crippen molar-refractivity contribution in [3.63, 3.8) is 0 Å². The second kappa shape index (κ2) is 7.62. The molecule has 0 saturated heterocycles. The number of benzene rings is 1. The molecule has 0 radical (unpaired) electrons. The Morgan fingerprint density at radius 3 is 2.54 bits per heavy atom. The van der Waals surface area contributed by atoms with Crippen LogP contribution in [0, 0.1) is 27.7 Å². The van der Waals surface area contributed by atoms with Crippen molar-refractivity contribution in [2.45, 2.75) is 47.1 Å². The largest absolute Gasteiger partial charge is 0.356 e. The molecule has 146 valence electrons. The van der Waals surface area contributed by atoms with Gasteiger partial charge in [-0.15, -0.1) is 0 Å². The molecule has 0 bridgehead atoms. The van der Waals surface area contributed by atoms with E-state index in [-0.39, 0.29) is 0 Å². The Balaban J connectivity index is 1.53. The van der Waals surface area contributed by atoms with Crippen molar-refractivity contribution in [2.75, 3.05) is 23.3 Å². The maximum Gasteiger partial charge on any atom is 0.229 e. The lowest BCUT2D eigenvalue weighted by Crippen LogP contribution is -2.23. The van der Waals surface area contributed by atoms with Crippen LogP contribution in [0.5, 0.6) is 0 Å². The van der Waals surface area contributed by atoms with Crippen LogP contribution >= 0.6 is 0 Å². The van der Waals surface area contributed by atoms with Gasteiger partial charge in [-0.1, -0.05) is 17.7 Å². The summed E-state index contributed by atoms with van der Waals surface area (Å²) in [5.74, 6) is 1.77. The van der Waals surface area contributed by atoms with Gasteiger partial charge in [-0.3, -0.25) is 0 Å². The van der Waals surface area contributed by atoms with E-state index in [1.165, 1.54) is 22.3 Å². The van der Waals surface area contributed by atoms with Crippen LogP contribution in [0.3, 0.4) is 0 Å². The smallest absolute Gasteiger partial charge is 0.229 e. The molecule has 6 heteroatoms. The SMILES string of the molecule is Cc1cc(C)c(Nc2nc(C)c3c(n2)N(CCCn2ccnc2)CC3)c(C)c1.